The molecule has 8 heteroatoms. The van der Waals surface area contributed by atoms with Crippen LogP contribution in [0, 0.1) is 12.7 Å². The lowest BCUT2D eigenvalue weighted by molar-refractivity contribution is -0.141. The van der Waals surface area contributed by atoms with Gasteiger partial charge in [0.2, 0.25) is 5.95 Å². The van der Waals surface area contributed by atoms with E-state index in [1.54, 1.807) is 6.92 Å². The number of aromatic nitrogens is 2. The second-order valence-electron chi connectivity index (χ2n) is 6.17. The molecular weight excluding hydrogens is 336 g/mol. The van der Waals surface area contributed by atoms with E-state index in [4.69, 9.17) is 0 Å². The predicted molar refractivity (Wildman–Crippen MR) is 87.3 cm³/mol. The van der Waals surface area contributed by atoms with Gasteiger partial charge in [0.05, 0.1) is 0 Å². The monoisotopic (exact) mass is 354 g/mol. The molecule has 0 bridgehead atoms. The maximum absolute atomic E-state index is 13.2. The Morgan fingerprint density at radius 2 is 1.80 bits per heavy atom. The lowest BCUT2D eigenvalue weighted by atomic mass is 10.2. The minimum atomic E-state index is -4.58. The zero-order chi connectivity index (χ0) is 18.0. The van der Waals surface area contributed by atoms with Gasteiger partial charge < -0.3 is 10.6 Å². The van der Waals surface area contributed by atoms with Gasteiger partial charge in [0, 0.05) is 17.8 Å². The van der Waals surface area contributed by atoms with E-state index in [1.807, 2.05) is 0 Å². The molecule has 1 saturated carbocycles. The molecule has 1 heterocycles. The number of aryl methyl sites for hydroxylation is 1. The Hall–Kier alpha value is -2.38. The fraction of sp³-hybridized carbons (Fsp3) is 0.412. The smallest absolute Gasteiger partial charge is 0.351 e. The van der Waals surface area contributed by atoms with Crippen molar-refractivity contribution in [3.05, 3.63) is 41.3 Å². The Morgan fingerprint density at radius 1 is 1.08 bits per heavy atom. The molecule has 1 aliphatic rings. The zero-order valence-corrected chi connectivity index (χ0v) is 13.6. The van der Waals surface area contributed by atoms with Gasteiger partial charge in [-0.15, -0.1) is 0 Å². The van der Waals surface area contributed by atoms with Crippen molar-refractivity contribution in [2.75, 3.05) is 10.6 Å². The van der Waals surface area contributed by atoms with Crippen LogP contribution in [0.25, 0.3) is 0 Å². The Morgan fingerprint density at radius 3 is 2.44 bits per heavy atom. The van der Waals surface area contributed by atoms with Crippen LogP contribution in [-0.4, -0.2) is 16.0 Å². The number of nitrogens with zero attached hydrogens (tertiary/aromatic N) is 2. The first-order valence-corrected chi connectivity index (χ1v) is 8.07. The van der Waals surface area contributed by atoms with Crippen LogP contribution in [0.1, 0.15) is 36.9 Å². The highest BCUT2D eigenvalue weighted by molar-refractivity contribution is 5.61. The van der Waals surface area contributed by atoms with E-state index in [0.717, 1.165) is 31.7 Å². The number of hydrogen-bond acceptors (Lipinski definition) is 4. The molecule has 0 amide bonds. The summed E-state index contributed by atoms with van der Waals surface area (Å²) in [5, 5.41) is 5.80. The van der Waals surface area contributed by atoms with Crippen LogP contribution in [-0.2, 0) is 6.18 Å². The summed E-state index contributed by atoms with van der Waals surface area (Å²) in [6.07, 6.45) is -0.727. The predicted octanol–water partition coefficient (Wildman–Crippen LogP) is 5.04. The van der Waals surface area contributed by atoms with Crippen LogP contribution in [0.5, 0.6) is 0 Å². The number of halogens is 4. The van der Waals surface area contributed by atoms with Crippen molar-refractivity contribution in [2.24, 2.45) is 0 Å². The van der Waals surface area contributed by atoms with Crippen LogP contribution in [0.15, 0.2) is 24.3 Å². The first-order chi connectivity index (χ1) is 11.8. The lowest BCUT2D eigenvalue weighted by Crippen LogP contribution is -2.19. The van der Waals surface area contributed by atoms with Gasteiger partial charge in [-0.2, -0.15) is 18.2 Å². The molecule has 25 heavy (non-hydrogen) atoms. The van der Waals surface area contributed by atoms with Crippen molar-refractivity contribution in [2.45, 2.75) is 44.8 Å². The number of rotatable bonds is 4. The average Bonchev–Trinajstić information content (AvgIpc) is 3.02. The Bertz CT molecular complexity index is 755. The van der Waals surface area contributed by atoms with Gasteiger partial charge in [0.1, 0.15) is 11.6 Å². The van der Waals surface area contributed by atoms with Crippen LogP contribution < -0.4 is 10.6 Å². The quantitative estimate of drug-likeness (QED) is 0.755. The third-order valence-corrected chi connectivity index (χ3v) is 4.16. The van der Waals surface area contributed by atoms with Crippen molar-refractivity contribution >= 4 is 17.5 Å². The summed E-state index contributed by atoms with van der Waals surface area (Å²) < 4.78 is 52.6. The molecule has 0 atom stereocenters. The van der Waals surface area contributed by atoms with Gasteiger partial charge in [-0.05, 0) is 43.5 Å². The number of nitrogens with one attached hydrogen (secondary N) is 2. The first kappa shape index (κ1) is 17.4. The van der Waals surface area contributed by atoms with Crippen LogP contribution in [0.4, 0.5) is 35.0 Å². The largest absolute Gasteiger partial charge is 0.433 e. The van der Waals surface area contributed by atoms with E-state index in [-0.39, 0.29) is 17.8 Å². The molecule has 1 aliphatic carbocycles. The molecule has 0 unspecified atom stereocenters. The Kier molecular flexibility index (Phi) is 4.78. The molecule has 2 N–H and O–H groups in total. The van der Waals surface area contributed by atoms with Crippen molar-refractivity contribution in [1.29, 1.82) is 0 Å². The molecule has 134 valence electrons. The molecule has 0 aliphatic heterocycles. The fourth-order valence-corrected chi connectivity index (χ4v) is 2.88. The highest BCUT2D eigenvalue weighted by Crippen LogP contribution is 2.31. The van der Waals surface area contributed by atoms with Gasteiger partial charge in [0.15, 0.2) is 5.69 Å². The average molecular weight is 354 g/mol. The van der Waals surface area contributed by atoms with Crippen molar-refractivity contribution in [3.63, 3.8) is 0 Å². The second kappa shape index (κ2) is 6.85. The van der Waals surface area contributed by atoms with Crippen molar-refractivity contribution in [1.82, 2.24) is 9.97 Å². The first-order valence-electron chi connectivity index (χ1n) is 8.07. The maximum Gasteiger partial charge on any atom is 0.433 e. The Balaban J connectivity index is 1.90. The van der Waals surface area contributed by atoms with Crippen molar-refractivity contribution in [3.8, 4) is 0 Å². The van der Waals surface area contributed by atoms with Crippen LogP contribution in [0.2, 0.25) is 0 Å². The molecule has 0 spiro atoms. The summed E-state index contributed by atoms with van der Waals surface area (Å²) in [7, 11) is 0. The molecule has 1 aromatic heterocycles. The minimum Gasteiger partial charge on any atom is -0.351 e. The summed E-state index contributed by atoms with van der Waals surface area (Å²) in [6, 6.07) is 4.93. The number of alkyl halides is 3. The summed E-state index contributed by atoms with van der Waals surface area (Å²) in [6.45, 7) is 1.66. The fourth-order valence-electron chi connectivity index (χ4n) is 2.88. The number of anilines is 3. The molecular formula is C17H18F4N4. The molecule has 4 nitrogen and oxygen atoms in total. The molecule has 0 radical (unpaired) electrons. The third kappa shape index (κ3) is 4.37. The summed E-state index contributed by atoms with van der Waals surface area (Å²) in [5.74, 6) is -0.452. The normalized spacial score (nSPS) is 15.4. The van der Waals surface area contributed by atoms with E-state index in [2.05, 4.69) is 20.6 Å². The highest BCUT2D eigenvalue weighted by atomic mass is 19.4. The second-order valence-corrected chi connectivity index (χ2v) is 6.17. The summed E-state index contributed by atoms with van der Waals surface area (Å²) >= 11 is 0. The molecule has 1 aromatic carbocycles. The highest BCUT2D eigenvalue weighted by Gasteiger charge is 2.34. The van der Waals surface area contributed by atoms with Crippen LogP contribution in [0.3, 0.4) is 0 Å². The van der Waals surface area contributed by atoms with Gasteiger partial charge in [-0.25, -0.2) is 9.37 Å². The van der Waals surface area contributed by atoms with E-state index in [0.29, 0.717) is 11.3 Å². The van der Waals surface area contributed by atoms with E-state index >= 15 is 0 Å². The van der Waals surface area contributed by atoms with E-state index < -0.39 is 17.7 Å². The van der Waals surface area contributed by atoms with E-state index in [1.165, 1.54) is 18.2 Å². The number of hydrogen-bond donors (Lipinski definition) is 2. The standard InChI is InChI=1S/C17H18F4N4/c1-10-8-11(18)6-7-13(10)23-15-9-14(17(19,20)21)24-16(25-15)22-12-4-2-3-5-12/h6-9,12H,2-5H2,1H3,(H2,22,23,24,25). The molecule has 0 saturated heterocycles. The van der Waals surface area contributed by atoms with Gasteiger partial charge in [-0.1, -0.05) is 12.8 Å². The molecule has 2 aromatic rings. The number of benzene rings is 1. The summed E-state index contributed by atoms with van der Waals surface area (Å²) in [5.41, 5.74) is 0.0303. The SMILES string of the molecule is Cc1cc(F)ccc1Nc1cc(C(F)(F)F)nc(NC2CCCC2)n1. The minimum absolute atomic E-state index is 0.0116. The van der Waals surface area contributed by atoms with Gasteiger partial charge >= 0.3 is 6.18 Å². The van der Waals surface area contributed by atoms with E-state index in [9.17, 15) is 17.6 Å². The third-order valence-electron chi connectivity index (χ3n) is 4.16. The lowest BCUT2D eigenvalue weighted by Gasteiger charge is -2.16. The maximum atomic E-state index is 13.2. The van der Waals surface area contributed by atoms with Crippen molar-refractivity contribution < 1.29 is 17.6 Å². The topological polar surface area (TPSA) is 49.8 Å². The molecule has 1 fully saturated rings. The Labute approximate surface area is 142 Å². The molecule has 3 rings (SSSR count). The summed E-state index contributed by atoms with van der Waals surface area (Å²) in [4.78, 5) is 7.74. The zero-order valence-electron chi connectivity index (χ0n) is 13.6. The van der Waals surface area contributed by atoms with Gasteiger partial charge in [0.25, 0.3) is 0 Å². The van der Waals surface area contributed by atoms with Gasteiger partial charge in [-0.3, -0.25) is 0 Å². The van der Waals surface area contributed by atoms with Crippen LogP contribution >= 0.6 is 0 Å².